The van der Waals surface area contributed by atoms with Crippen LogP contribution in [0.5, 0.6) is 5.88 Å². The lowest BCUT2D eigenvalue weighted by atomic mass is 10.1. The van der Waals surface area contributed by atoms with E-state index >= 15 is 0 Å². The van der Waals surface area contributed by atoms with Crippen LogP contribution in [-0.2, 0) is 0 Å². The molecule has 5 heteroatoms. The van der Waals surface area contributed by atoms with Gasteiger partial charge in [-0.25, -0.2) is 4.98 Å². The van der Waals surface area contributed by atoms with Crippen molar-refractivity contribution in [1.82, 2.24) is 9.97 Å². The highest BCUT2D eigenvalue weighted by Crippen LogP contribution is 2.23. The van der Waals surface area contributed by atoms with E-state index in [1.165, 1.54) is 7.11 Å². The first kappa shape index (κ1) is 11.6. The van der Waals surface area contributed by atoms with E-state index in [0.717, 1.165) is 11.3 Å². The van der Waals surface area contributed by atoms with Crippen molar-refractivity contribution in [2.24, 2.45) is 0 Å². The predicted octanol–water partition coefficient (Wildman–Crippen LogP) is 2.22. The number of aromatic nitrogens is 2. The zero-order valence-electron chi connectivity index (χ0n) is 9.12. The van der Waals surface area contributed by atoms with E-state index < -0.39 is 0 Å². The van der Waals surface area contributed by atoms with Crippen molar-refractivity contribution in [3.05, 3.63) is 42.2 Å². The fraction of sp³-hybridized carbons (Fsp3) is 0.0833. The van der Waals surface area contributed by atoms with E-state index in [-0.39, 0.29) is 11.0 Å². The summed E-state index contributed by atoms with van der Waals surface area (Å²) in [6.07, 6.45) is 3.29. The summed E-state index contributed by atoms with van der Waals surface area (Å²) in [6.45, 7) is 0. The minimum atomic E-state index is -0.382. The van der Waals surface area contributed by atoms with Gasteiger partial charge in [0, 0.05) is 18.0 Å². The molecule has 4 nitrogen and oxygen atoms in total. The number of hydrogen-bond acceptors (Lipinski definition) is 4. The summed E-state index contributed by atoms with van der Waals surface area (Å²) in [7, 11) is 1.46. The summed E-state index contributed by atoms with van der Waals surface area (Å²) < 4.78 is 5.00. The van der Waals surface area contributed by atoms with Crippen molar-refractivity contribution in [3.63, 3.8) is 0 Å². The van der Waals surface area contributed by atoms with Crippen LogP contribution in [0.4, 0.5) is 0 Å². The molecule has 0 unspecified atom stereocenters. The van der Waals surface area contributed by atoms with Crippen LogP contribution in [0.1, 0.15) is 10.4 Å². The molecule has 0 amide bonds. The van der Waals surface area contributed by atoms with Crippen LogP contribution in [0, 0.1) is 0 Å². The normalized spacial score (nSPS) is 10.0. The third-order valence-electron chi connectivity index (χ3n) is 2.24. The quantitative estimate of drug-likeness (QED) is 0.844. The monoisotopic (exact) mass is 246 g/mol. The lowest BCUT2D eigenvalue weighted by molar-refractivity contribution is 0.108. The number of hydrogen-bond donors (Lipinski definition) is 1. The molecule has 0 aliphatic carbocycles. The summed E-state index contributed by atoms with van der Waals surface area (Å²) in [5, 5.41) is -0.382. The lowest BCUT2D eigenvalue weighted by Crippen LogP contribution is -1.99. The molecule has 2 heterocycles. The molecule has 0 saturated carbocycles. The largest absolute Gasteiger partial charge is 0.480 e. The van der Waals surface area contributed by atoms with Gasteiger partial charge in [-0.3, -0.25) is 9.78 Å². The van der Waals surface area contributed by atoms with Crippen LogP contribution in [-0.4, -0.2) is 22.2 Å². The fourth-order valence-electron chi connectivity index (χ4n) is 1.44. The van der Waals surface area contributed by atoms with Gasteiger partial charge in [-0.05, 0) is 18.2 Å². The standard InChI is InChI=1S/C12H10N2O2S/c1-16-11-9(12(15)17)6-8(7-14-11)10-4-2-3-5-13-10/h2-7H,1H3,(H,15,17). The molecule has 0 atom stereocenters. The summed E-state index contributed by atoms with van der Waals surface area (Å²) in [5.41, 5.74) is 1.83. The van der Waals surface area contributed by atoms with Crippen LogP contribution in [0.3, 0.4) is 0 Å². The summed E-state index contributed by atoms with van der Waals surface area (Å²) >= 11 is 3.79. The van der Waals surface area contributed by atoms with Gasteiger partial charge in [-0.1, -0.05) is 6.07 Å². The van der Waals surface area contributed by atoms with Crippen molar-refractivity contribution >= 4 is 17.7 Å². The number of methoxy groups -OCH3 is 1. The molecule has 2 aromatic rings. The molecule has 0 fully saturated rings. The number of carbonyl (C=O) groups excluding carboxylic acids is 1. The van der Waals surface area contributed by atoms with Crippen LogP contribution < -0.4 is 4.74 Å². The SMILES string of the molecule is COc1ncc(-c2ccccn2)cc1C(=O)S. The van der Waals surface area contributed by atoms with Gasteiger partial charge in [-0.2, -0.15) is 0 Å². The number of ether oxygens (including phenoxy) is 1. The topological polar surface area (TPSA) is 52.1 Å². The number of pyridine rings is 2. The minimum absolute atomic E-state index is 0.268. The first-order valence-corrected chi connectivity index (χ1v) is 5.36. The van der Waals surface area contributed by atoms with Gasteiger partial charge in [0.15, 0.2) is 0 Å². The Hall–Kier alpha value is -1.88. The third kappa shape index (κ3) is 2.45. The summed E-state index contributed by atoms with van der Waals surface area (Å²) in [5.74, 6) is 0.268. The van der Waals surface area contributed by atoms with Crippen LogP contribution in [0.15, 0.2) is 36.7 Å². The van der Waals surface area contributed by atoms with Crippen molar-refractivity contribution in [3.8, 4) is 17.1 Å². The summed E-state index contributed by atoms with van der Waals surface area (Å²) in [4.78, 5) is 19.6. The molecule has 0 bridgehead atoms. The van der Waals surface area contributed by atoms with Crippen LogP contribution >= 0.6 is 12.6 Å². The Morgan fingerprint density at radius 2 is 2.18 bits per heavy atom. The number of carbonyl (C=O) groups is 1. The molecule has 0 radical (unpaired) electrons. The van der Waals surface area contributed by atoms with Gasteiger partial charge in [0.05, 0.1) is 18.4 Å². The maximum absolute atomic E-state index is 11.3. The van der Waals surface area contributed by atoms with Crippen molar-refractivity contribution in [1.29, 1.82) is 0 Å². The Balaban J connectivity index is 2.51. The second kappa shape index (κ2) is 4.97. The van der Waals surface area contributed by atoms with Gasteiger partial charge < -0.3 is 4.74 Å². The maximum atomic E-state index is 11.3. The Bertz CT molecular complexity index is 543. The second-order valence-corrected chi connectivity index (χ2v) is 3.71. The first-order valence-electron chi connectivity index (χ1n) is 4.91. The van der Waals surface area contributed by atoms with Crippen molar-refractivity contribution < 1.29 is 9.53 Å². The Morgan fingerprint density at radius 3 is 2.76 bits per heavy atom. The van der Waals surface area contributed by atoms with Crippen LogP contribution in [0.25, 0.3) is 11.3 Å². The molecule has 86 valence electrons. The van der Waals surface area contributed by atoms with Crippen molar-refractivity contribution in [2.45, 2.75) is 0 Å². The predicted molar refractivity (Wildman–Crippen MR) is 67.3 cm³/mol. The number of thiol groups is 1. The van der Waals surface area contributed by atoms with Gasteiger partial charge in [0.2, 0.25) is 11.0 Å². The van der Waals surface area contributed by atoms with Gasteiger partial charge in [-0.15, -0.1) is 12.6 Å². The highest BCUT2D eigenvalue weighted by atomic mass is 32.1. The Kier molecular flexibility index (Phi) is 3.39. The zero-order valence-corrected chi connectivity index (χ0v) is 10.0. The van der Waals surface area contributed by atoms with Crippen LogP contribution in [0.2, 0.25) is 0 Å². The average molecular weight is 246 g/mol. The van der Waals surface area contributed by atoms with Gasteiger partial charge in [0.1, 0.15) is 0 Å². The third-order valence-corrected chi connectivity index (χ3v) is 2.48. The van der Waals surface area contributed by atoms with Gasteiger partial charge in [0.25, 0.3) is 0 Å². The zero-order chi connectivity index (χ0) is 12.3. The molecular weight excluding hydrogens is 236 g/mol. The molecule has 2 aromatic heterocycles. The number of nitrogens with zero attached hydrogens (tertiary/aromatic N) is 2. The smallest absolute Gasteiger partial charge is 0.225 e. The second-order valence-electron chi connectivity index (χ2n) is 3.30. The molecule has 0 aliphatic rings. The van der Waals surface area contributed by atoms with E-state index in [2.05, 4.69) is 22.6 Å². The lowest BCUT2D eigenvalue weighted by Gasteiger charge is -2.06. The molecular formula is C12H10N2O2S. The average Bonchev–Trinajstić information content (AvgIpc) is 2.39. The first-order chi connectivity index (χ1) is 8.22. The molecule has 2 rings (SSSR count). The highest BCUT2D eigenvalue weighted by Gasteiger charge is 2.12. The summed E-state index contributed by atoms with van der Waals surface area (Å²) in [6, 6.07) is 7.21. The molecule has 0 N–H and O–H groups in total. The van der Waals surface area contributed by atoms with E-state index in [0.29, 0.717) is 5.56 Å². The molecule has 0 spiro atoms. The maximum Gasteiger partial charge on any atom is 0.225 e. The van der Waals surface area contributed by atoms with E-state index in [1.807, 2.05) is 18.2 Å². The molecule has 0 aromatic carbocycles. The van der Waals surface area contributed by atoms with Crippen molar-refractivity contribution in [2.75, 3.05) is 7.11 Å². The fourth-order valence-corrected chi connectivity index (χ4v) is 1.60. The molecule has 0 saturated heterocycles. The Morgan fingerprint density at radius 1 is 1.35 bits per heavy atom. The van der Waals surface area contributed by atoms with E-state index in [4.69, 9.17) is 4.74 Å². The van der Waals surface area contributed by atoms with E-state index in [1.54, 1.807) is 18.5 Å². The minimum Gasteiger partial charge on any atom is -0.480 e. The number of rotatable bonds is 3. The van der Waals surface area contributed by atoms with E-state index in [9.17, 15) is 4.79 Å². The Labute approximate surface area is 104 Å². The highest BCUT2D eigenvalue weighted by molar-refractivity contribution is 7.97. The molecule has 17 heavy (non-hydrogen) atoms. The molecule has 0 aliphatic heterocycles. The van der Waals surface area contributed by atoms with Gasteiger partial charge >= 0.3 is 0 Å².